The van der Waals surface area contributed by atoms with Crippen LogP contribution in [-0.4, -0.2) is 30.5 Å². The highest BCUT2D eigenvalue weighted by Gasteiger charge is 2.21. The Kier molecular flexibility index (Phi) is 5.40. The normalized spacial score (nSPS) is 14.9. The Balaban J connectivity index is 2.33. The molecular formula is C16H17BrN2O2. The van der Waals surface area contributed by atoms with Crippen LogP contribution >= 0.6 is 15.9 Å². The zero-order chi connectivity index (χ0) is 15.2. The quantitative estimate of drug-likeness (QED) is 0.619. The summed E-state index contributed by atoms with van der Waals surface area (Å²) in [5.74, 6) is 0.472. The van der Waals surface area contributed by atoms with Crippen LogP contribution in [-0.2, 0) is 4.79 Å². The number of rotatable bonds is 4. The zero-order valence-corrected chi connectivity index (χ0v) is 13.5. The molecule has 5 heteroatoms. The summed E-state index contributed by atoms with van der Waals surface area (Å²) >= 11 is 3.40. The van der Waals surface area contributed by atoms with Crippen molar-refractivity contribution < 1.29 is 9.53 Å². The van der Waals surface area contributed by atoms with E-state index in [0.717, 1.165) is 36.0 Å². The Labute approximate surface area is 133 Å². The molecule has 0 saturated carbocycles. The molecule has 1 aromatic carbocycles. The highest BCUT2D eigenvalue weighted by molar-refractivity contribution is 9.10. The number of nitriles is 1. The van der Waals surface area contributed by atoms with Crippen LogP contribution in [0.1, 0.15) is 25.3 Å². The molecule has 0 spiro atoms. The van der Waals surface area contributed by atoms with Crippen molar-refractivity contribution in [3.63, 3.8) is 0 Å². The first-order chi connectivity index (χ1) is 10.2. The maximum atomic E-state index is 12.3. The van der Waals surface area contributed by atoms with Gasteiger partial charge in [-0.15, -0.1) is 0 Å². The predicted octanol–water partition coefficient (Wildman–Crippen LogP) is 3.38. The number of hydrogen-bond acceptors (Lipinski definition) is 3. The smallest absolute Gasteiger partial charge is 0.264 e. The Bertz CT molecular complexity index is 599. The number of nitrogens with zero attached hydrogens (tertiary/aromatic N) is 2. The number of likely N-dealkylation sites (tertiary alicyclic amines) is 1. The van der Waals surface area contributed by atoms with Crippen LogP contribution in [0.25, 0.3) is 6.08 Å². The summed E-state index contributed by atoms with van der Waals surface area (Å²) in [6, 6.07) is 7.56. The zero-order valence-electron chi connectivity index (χ0n) is 11.9. The van der Waals surface area contributed by atoms with E-state index in [1.165, 1.54) is 0 Å². The Morgan fingerprint density at radius 2 is 2.19 bits per heavy atom. The molecule has 110 valence electrons. The van der Waals surface area contributed by atoms with Crippen LogP contribution in [0, 0.1) is 11.3 Å². The lowest BCUT2D eigenvalue weighted by Gasteiger charge is -2.14. The average molecular weight is 349 g/mol. The molecule has 4 nitrogen and oxygen atoms in total. The van der Waals surface area contributed by atoms with Crippen LogP contribution < -0.4 is 4.74 Å². The molecule has 1 fully saturated rings. The Hall–Kier alpha value is -1.80. The van der Waals surface area contributed by atoms with Gasteiger partial charge in [-0.3, -0.25) is 4.79 Å². The van der Waals surface area contributed by atoms with E-state index in [1.54, 1.807) is 11.0 Å². The van der Waals surface area contributed by atoms with Gasteiger partial charge in [0.05, 0.1) is 6.61 Å². The molecule has 0 bridgehead atoms. The molecule has 1 saturated heterocycles. The van der Waals surface area contributed by atoms with E-state index in [9.17, 15) is 10.1 Å². The number of amides is 1. The van der Waals surface area contributed by atoms with Crippen molar-refractivity contribution in [3.8, 4) is 11.8 Å². The standard InChI is InChI=1S/C16H17BrN2O2/c1-2-21-15-6-5-14(17)10-12(15)9-13(11-18)16(20)19-7-3-4-8-19/h5-6,9-10H,2-4,7-8H2,1H3/b13-9+. The number of halogens is 1. The van der Waals surface area contributed by atoms with Gasteiger partial charge in [0.2, 0.25) is 0 Å². The van der Waals surface area contributed by atoms with Crippen molar-refractivity contribution >= 4 is 27.9 Å². The number of hydrogen-bond donors (Lipinski definition) is 0. The van der Waals surface area contributed by atoms with Gasteiger partial charge in [0, 0.05) is 23.1 Å². The van der Waals surface area contributed by atoms with Crippen LogP contribution in [0.3, 0.4) is 0 Å². The summed E-state index contributed by atoms with van der Waals surface area (Å²) in [4.78, 5) is 14.0. The highest BCUT2D eigenvalue weighted by Crippen LogP contribution is 2.26. The summed E-state index contributed by atoms with van der Waals surface area (Å²) in [6.07, 6.45) is 3.62. The van der Waals surface area contributed by atoms with Crippen LogP contribution in [0.4, 0.5) is 0 Å². The van der Waals surface area contributed by atoms with Crippen molar-refractivity contribution in [2.45, 2.75) is 19.8 Å². The van der Waals surface area contributed by atoms with Crippen LogP contribution in [0.5, 0.6) is 5.75 Å². The molecule has 2 rings (SSSR count). The van der Waals surface area contributed by atoms with Crippen molar-refractivity contribution in [2.75, 3.05) is 19.7 Å². The lowest BCUT2D eigenvalue weighted by Crippen LogP contribution is -2.28. The number of benzene rings is 1. The summed E-state index contributed by atoms with van der Waals surface area (Å²) < 4.78 is 6.42. The second-order valence-corrected chi connectivity index (χ2v) is 5.70. The van der Waals surface area contributed by atoms with E-state index in [1.807, 2.05) is 31.2 Å². The van der Waals surface area contributed by atoms with Gasteiger partial charge in [0.15, 0.2) is 0 Å². The number of carbonyl (C=O) groups is 1. The fourth-order valence-corrected chi connectivity index (χ4v) is 2.69. The minimum absolute atomic E-state index is 0.149. The molecule has 1 aromatic rings. The summed E-state index contributed by atoms with van der Waals surface area (Å²) in [5, 5.41) is 9.29. The molecule has 0 atom stereocenters. The molecular weight excluding hydrogens is 332 g/mol. The van der Waals surface area contributed by atoms with Crippen LogP contribution in [0.15, 0.2) is 28.2 Å². The van der Waals surface area contributed by atoms with Gasteiger partial charge in [-0.05, 0) is 44.0 Å². The van der Waals surface area contributed by atoms with Crippen molar-refractivity contribution in [1.82, 2.24) is 4.90 Å². The van der Waals surface area contributed by atoms with Crippen molar-refractivity contribution in [1.29, 1.82) is 5.26 Å². The van der Waals surface area contributed by atoms with Gasteiger partial charge in [0.1, 0.15) is 17.4 Å². The minimum Gasteiger partial charge on any atom is -0.493 e. The van der Waals surface area contributed by atoms with Gasteiger partial charge in [-0.2, -0.15) is 5.26 Å². The maximum absolute atomic E-state index is 12.3. The molecule has 1 aliphatic rings. The monoisotopic (exact) mass is 348 g/mol. The average Bonchev–Trinajstić information content (AvgIpc) is 3.01. The third-order valence-corrected chi connectivity index (χ3v) is 3.81. The Morgan fingerprint density at radius 3 is 2.81 bits per heavy atom. The number of ether oxygens (including phenoxy) is 1. The van der Waals surface area contributed by atoms with Crippen molar-refractivity contribution in [2.24, 2.45) is 0 Å². The van der Waals surface area contributed by atoms with E-state index in [4.69, 9.17) is 4.74 Å². The van der Waals surface area contributed by atoms with E-state index < -0.39 is 0 Å². The van der Waals surface area contributed by atoms with E-state index in [0.29, 0.717) is 12.4 Å². The Morgan fingerprint density at radius 1 is 1.48 bits per heavy atom. The van der Waals surface area contributed by atoms with Crippen molar-refractivity contribution in [3.05, 3.63) is 33.8 Å². The predicted molar refractivity (Wildman–Crippen MR) is 84.7 cm³/mol. The lowest BCUT2D eigenvalue weighted by atomic mass is 10.1. The molecule has 0 unspecified atom stereocenters. The van der Waals surface area contributed by atoms with Gasteiger partial charge in [0.25, 0.3) is 5.91 Å². The third kappa shape index (κ3) is 3.85. The second-order valence-electron chi connectivity index (χ2n) is 4.78. The number of carbonyl (C=O) groups excluding carboxylic acids is 1. The molecule has 0 radical (unpaired) electrons. The van der Waals surface area contributed by atoms with Gasteiger partial charge in [-0.1, -0.05) is 15.9 Å². The maximum Gasteiger partial charge on any atom is 0.264 e. The fraction of sp³-hybridized carbons (Fsp3) is 0.375. The first-order valence-electron chi connectivity index (χ1n) is 6.99. The van der Waals surface area contributed by atoms with Crippen LogP contribution in [0.2, 0.25) is 0 Å². The van der Waals surface area contributed by atoms with E-state index in [2.05, 4.69) is 15.9 Å². The highest BCUT2D eigenvalue weighted by atomic mass is 79.9. The lowest BCUT2D eigenvalue weighted by molar-refractivity contribution is -0.125. The topological polar surface area (TPSA) is 53.3 Å². The fourth-order valence-electron chi connectivity index (χ4n) is 2.31. The second kappa shape index (κ2) is 7.28. The third-order valence-electron chi connectivity index (χ3n) is 3.32. The molecule has 1 amide bonds. The molecule has 21 heavy (non-hydrogen) atoms. The first-order valence-corrected chi connectivity index (χ1v) is 7.78. The SMILES string of the molecule is CCOc1ccc(Br)cc1/C=C(\C#N)C(=O)N1CCCC1. The molecule has 1 aliphatic heterocycles. The summed E-state index contributed by atoms with van der Waals surface area (Å²) in [7, 11) is 0. The summed E-state index contributed by atoms with van der Waals surface area (Å²) in [5.41, 5.74) is 0.881. The van der Waals surface area contributed by atoms with E-state index in [-0.39, 0.29) is 11.5 Å². The molecule has 1 heterocycles. The molecule has 0 aromatic heterocycles. The minimum atomic E-state index is -0.197. The van der Waals surface area contributed by atoms with Gasteiger partial charge < -0.3 is 9.64 Å². The molecule has 0 N–H and O–H groups in total. The van der Waals surface area contributed by atoms with E-state index >= 15 is 0 Å². The van der Waals surface area contributed by atoms with Gasteiger partial charge >= 0.3 is 0 Å². The van der Waals surface area contributed by atoms with Gasteiger partial charge in [-0.25, -0.2) is 0 Å². The first kappa shape index (κ1) is 15.6. The summed E-state index contributed by atoms with van der Waals surface area (Å²) in [6.45, 7) is 3.89. The largest absolute Gasteiger partial charge is 0.493 e. The molecule has 0 aliphatic carbocycles.